The predicted octanol–water partition coefficient (Wildman–Crippen LogP) is -0.609. The van der Waals surface area contributed by atoms with E-state index in [1.165, 1.54) is 0 Å². The van der Waals surface area contributed by atoms with Crippen LogP contribution in [0.2, 0.25) is 0 Å². The zero-order valence-corrected chi connectivity index (χ0v) is 9.82. The number of nitrogens with one attached hydrogen (secondary N) is 1. The van der Waals surface area contributed by atoms with E-state index in [1.54, 1.807) is 0 Å². The molecule has 14 heavy (non-hydrogen) atoms. The van der Waals surface area contributed by atoms with Gasteiger partial charge in [-0.3, -0.25) is 9.59 Å². The zero-order chi connectivity index (χ0) is 11.1. The van der Waals surface area contributed by atoms with Gasteiger partial charge in [0.15, 0.2) is 0 Å². The summed E-state index contributed by atoms with van der Waals surface area (Å²) in [4.78, 5) is 21.6. The number of carboxylic acids is 1. The normalized spacial score (nSPS) is 14.8. The Morgan fingerprint density at radius 3 is 2.36 bits per heavy atom. The van der Waals surface area contributed by atoms with Gasteiger partial charge in [-0.25, -0.2) is 4.72 Å². The number of thiol groups is 2. The van der Waals surface area contributed by atoms with Crippen molar-refractivity contribution in [3.05, 3.63) is 0 Å². The fraction of sp³-hybridized carbons (Fsp3) is 0.667. The summed E-state index contributed by atoms with van der Waals surface area (Å²) in [5.74, 6) is -0.725. The molecule has 0 saturated heterocycles. The molecule has 0 aromatic rings. The summed E-state index contributed by atoms with van der Waals surface area (Å²) in [6.07, 6.45) is 0. The third-order valence-corrected chi connectivity index (χ3v) is 2.95. The Balaban J connectivity index is 3.91. The first kappa shape index (κ1) is 14.1. The van der Waals surface area contributed by atoms with Crippen molar-refractivity contribution >= 4 is 48.3 Å². The summed E-state index contributed by atoms with van der Waals surface area (Å²) in [5.41, 5.74) is 5.37. The van der Waals surface area contributed by atoms with Gasteiger partial charge in [-0.1, -0.05) is 0 Å². The van der Waals surface area contributed by atoms with Crippen molar-refractivity contribution in [2.24, 2.45) is 5.73 Å². The topological polar surface area (TPSA) is 92.4 Å². The molecule has 5 nitrogen and oxygen atoms in total. The highest BCUT2D eigenvalue weighted by Gasteiger charge is 2.19. The highest BCUT2D eigenvalue weighted by molar-refractivity contribution is 8.12. The highest BCUT2D eigenvalue weighted by atomic mass is 32.2. The van der Waals surface area contributed by atoms with Crippen LogP contribution >= 0.6 is 37.2 Å². The molecule has 4 N–H and O–H groups in total. The van der Waals surface area contributed by atoms with Crippen LogP contribution in [0.15, 0.2) is 0 Å². The molecular weight excluding hydrogens is 244 g/mol. The molecule has 0 bridgehead atoms. The van der Waals surface area contributed by atoms with Crippen molar-refractivity contribution in [1.82, 2.24) is 4.72 Å². The Hall–Kier alpha value is 0.110. The van der Waals surface area contributed by atoms with E-state index in [2.05, 4.69) is 30.0 Å². The summed E-state index contributed by atoms with van der Waals surface area (Å²) >= 11 is 8.34. The zero-order valence-electron chi connectivity index (χ0n) is 7.21. The van der Waals surface area contributed by atoms with Crippen LogP contribution in [0.3, 0.4) is 0 Å². The minimum Gasteiger partial charge on any atom is -0.480 e. The molecule has 2 atom stereocenters. The van der Waals surface area contributed by atoms with Gasteiger partial charge in [0.1, 0.15) is 6.04 Å². The molecule has 0 aliphatic heterocycles. The van der Waals surface area contributed by atoms with Crippen LogP contribution in [0, 0.1) is 0 Å². The molecule has 0 aromatic heterocycles. The molecule has 8 heteroatoms. The number of hydrogen-bond acceptors (Lipinski definition) is 7. The maximum atomic E-state index is 11.1. The second kappa shape index (κ2) is 7.41. The molecule has 0 fully saturated rings. The van der Waals surface area contributed by atoms with Crippen molar-refractivity contribution in [2.45, 2.75) is 12.1 Å². The van der Waals surface area contributed by atoms with E-state index in [9.17, 15) is 9.59 Å². The van der Waals surface area contributed by atoms with Gasteiger partial charge in [-0.05, 0) is 11.9 Å². The second-order valence-corrected chi connectivity index (χ2v) is 3.97. The summed E-state index contributed by atoms with van der Waals surface area (Å²) in [7, 11) is 0. The summed E-state index contributed by atoms with van der Waals surface area (Å²) < 4.78 is 2.46. The Morgan fingerprint density at radius 1 is 1.43 bits per heavy atom. The molecule has 0 heterocycles. The first-order valence-corrected chi connectivity index (χ1v) is 5.77. The van der Waals surface area contributed by atoms with Crippen LogP contribution in [-0.2, 0) is 9.59 Å². The van der Waals surface area contributed by atoms with Crippen LogP contribution in [-0.4, -0.2) is 39.8 Å². The molecule has 0 unspecified atom stereocenters. The van der Waals surface area contributed by atoms with Crippen LogP contribution < -0.4 is 10.5 Å². The van der Waals surface area contributed by atoms with E-state index < -0.39 is 18.1 Å². The molecule has 82 valence electrons. The van der Waals surface area contributed by atoms with E-state index in [0.717, 1.165) is 0 Å². The number of hydrogen-bond donors (Lipinski definition) is 5. The SMILES string of the molecule is N[C@@H](CS)C(=O)SN[C@@H](CS)C(=O)O. The standard InChI is InChI=1S/C6H12N2O3S3/c7-3(1-12)6(11)14-8-4(2-13)5(9)10/h3-4,8,12-13H,1-2,7H2,(H,9,10)/t3-,4-/m0/s1. The van der Waals surface area contributed by atoms with E-state index in [-0.39, 0.29) is 16.6 Å². The van der Waals surface area contributed by atoms with Gasteiger partial charge in [0.05, 0.1) is 6.04 Å². The van der Waals surface area contributed by atoms with Crippen LogP contribution in [0.1, 0.15) is 0 Å². The van der Waals surface area contributed by atoms with Crippen molar-refractivity contribution < 1.29 is 14.7 Å². The number of rotatable bonds is 6. The lowest BCUT2D eigenvalue weighted by Crippen LogP contribution is -2.38. The molecule has 0 spiro atoms. The first-order valence-electron chi connectivity index (χ1n) is 3.69. The van der Waals surface area contributed by atoms with E-state index in [0.29, 0.717) is 11.9 Å². The minimum absolute atomic E-state index is 0.103. The maximum absolute atomic E-state index is 11.1. The van der Waals surface area contributed by atoms with Gasteiger partial charge >= 0.3 is 5.97 Å². The van der Waals surface area contributed by atoms with E-state index in [4.69, 9.17) is 10.8 Å². The third kappa shape index (κ3) is 5.11. The maximum Gasteiger partial charge on any atom is 0.322 e. The quantitative estimate of drug-likeness (QED) is 0.322. The smallest absolute Gasteiger partial charge is 0.322 e. The number of carbonyl (C=O) groups excluding carboxylic acids is 1. The van der Waals surface area contributed by atoms with E-state index in [1.807, 2.05) is 0 Å². The fourth-order valence-electron chi connectivity index (χ4n) is 0.445. The average molecular weight is 256 g/mol. The Morgan fingerprint density at radius 2 is 2.00 bits per heavy atom. The molecule has 0 aromatic carbocycles. The number of aliphatic carboxylic acids is 1. The Kier molecular flexibility index (Phi) is 7.47. The lowest BCUT2D eigenvalue weighted by atomic mass is 10.4. The van der Waals surface area contributed by atoms with Crippen molar-refractivity contribution in [3.63, 3.8) is 0 Å². The third-order valence-electron chi connectivity index (χ3n) is 1.28. The van der Waals surface area contributed by atoms with Gasteiger partial charge in [0, 0.05) is 11.5 Å². The Labute approximate surface area is 97.1 Å². The second-order valence-electron chi connectivity index (χ2n) is 2.40. The van der Waals surface area contributed by atoms with Gasteiger partial charge < -0.3 is 10.8 Å². The lowest BCUT2D eigenvalue weighted by molar-refractivity contribution is -0.138. The minimum atomic E-state index is -1.06. The molecular formula is C6H12N2O3S3. The molecule has 0 saturated carbocycles. The average Bonchev–Trinajstić information content (AvgIpc) is 2.16. The van der Waals surface area contributed by atoms with Gasteiger partial charge in [0.2, 0.25) is 5.12 Å². The lowest BCUT2D eigenvalue weighted by Gasteiger charge is -2.11. The summed E-state index contributed by atoms with van der Waals surface area (Å²) in [6.45, 7) is 0. The molecule has 0 rings (SSSR count). The molecule has 0 aliphatic carbocycles. The van der Waals surface area contributed by atoms with Crippen molar-refractivity contribution in [3.8, 4) is 0 Å². The number of carbonyl (C=O) groups is 2. The van der Waals surface area contributed by atoms with E-state index >= 15 is 0 Å². The molecule has 0 aliphatic rings. The largest absolute Gasteiger partial charge is 0.480 e. The summed E-state index contributed by atoms with van der Waals surface area (Å²) in [6, 6.07) is -1.55. The van der Waals surface area contributed by atoms with Crippen molar-refractivity contribution in [2.75, 3.05) is 11.5 Å². The number of nitrogens with two attached hydrogens (primary N) is 1. The monoisotopic (exact) mass is 256 g/mol. The van der Waals surface area contributed by atoms with Crippen LogP contribution in [0.25, 0.3) is 0 Å². The first-order chi connectivity index (χ1) is 6.52. The number of carboxylic acid groups (broad SMARTS) is 1. The van der Waals surface area contributed by atoms with Crippen LogP contribution in [0.5, 0.6) is 0 Å². The van der Waals surface area contributed by atoms with Gasteiger partial charge in [-0.15, -0.1) is 0 Å². The highest BCUT2D eigenvalue weighted by Crippen LogP contribution is 2.03. The van der Waals surface area contributed by atoms with Gasteiger partial charge in [0.25, 0.3) is 0 Å². The van der Waals surface area contributed by atoms with Gasteiger partial charge in [-0.2, -0.15) is 25.3 Å². The fourth-order valence-corrected chi connectivity index (χ4v) is 1.78. The molecule has 0 amide bonds. The van der Waals surface area contributed by atoms with Crippen molar-refractivity contribution in [1.29, 1.82) is 0 Å². The molecule has 0 radical (unpaired) electrons. The predicted molar refractivity (Wildman–Crippen MR) is 62.8 cm³/mol. The summed E-state index contributed by atoms with van der Waals surface area (Å²) in [5, 5.41) is 8.26. The Bertz CT molecular complexity index is 214. The van der Waals surface area contributed by atoms with Crippen LogP contribution in [0.4, 0.5) is 0 Å².